The quantitative estimate of drug-likeness (QED) is 0.570. The first-order valence-corrected chi connectivity index (χ1v) is 7.64. The molecular formula is C12H19N2O4S+. The van der Waals surface area contributed by atoms with Crippen molar-refractivity contribution in [2.24, 2.45) is 0 Å². The molecule has 0 radical (unpaired) electrons. The molecule has 1 aromatic heterocycles. The van der Waals surface area contributed by atoms with Crippen LogP contribution in [0.1, 0.15) is 13.3 Å². The van der Waals surface area contributed by atoms with E-state index in [1.54, 1.807) is 4.90 Å². The predicted octanol–water partition coefficient (Wildman–Crippen LogP) is 0.101. The summed E-state index contributed by atoms with van der Waals surface area (Å²) in [6, 6.07) is 5.71. The summed E-state index contributed by atoms with van der Waals surface area (Å²) in [5, 5.41) is 0. The smallest absolute Gasteiger partial charge is 0.264 e. The molecule has 0 bridgehead atoms. The molecule has 0 unspecified atom stereocenters. The minimum Gasteiger partial charge on any atom is -0.337 e. The first kappa shape index (κ1) is 15.6. The summed E-state index contributed by atoms with van der Waals surface area (Å²) in [6.07, 6.45) is 4.03. The van der Waals surface area contributed by atoms with Crippen molar-refractivity contribution in [3.8, 4) is 0 Å². The van der Waals surface area contributed by atoms with Gasteiger partial charge in [0.25, 0.3) is 10.1 Å². The molecule has 7 heteroatoms. The summed E-state index contributed by atoms with van der Waals surface area (Å²) in [5.74, 6) is -0.429. The van der Waals surface area contributed by atoms with Gasteiger partial charge in [0, 0.05) is 25.6 Å². The summed E-state index contributed by atoms with van der Waals surface area (Å²) < 4.78 is 31.8. The molecule has 19 heavy (non-hydrogen) atoms. The third kappa shape index (κ3) is 6.88. The van der Waals surface area contributed by atoms with Gasteiger partial charge in [0.1, 0.15) is 0 Å². The van der Waals surface area contributed by atoms with Crippen molar-refractivity contribution in [2.75, 3.05) is 18.8 Å². The molecule has 0 saturated carbocycles. The van der Waals surface area contributed by atoms with Gasteiger partial charge >= 0.3 is 0 Å². The molecule has 106 valence electrons. The third-order valence-corrected chi connectivity index (χ3v) is 3.49. The number of amides is 1. The lowest BCUT2D eigenvalue weighted by molar-refractivity contribution is -0.696. The highest BCUT2D eigenvalue weighted by molar-refractivity contribution is 7.85. The van der Waals surface area contributed by atoms with Gasteiger partial charge in [0.2, 0.25) is 5.91 Å². The third-order valence-electron chi connectivity index (χ3n) is 2.68. The highest BCUT2D eigenvalue weighted by atomic mass is 32.2. The fourth-order valence-electron chi connectivity index (χ4n) is 1.68. The van der Waals surface area contributed by atoms with Crippen molar-refractivity contribution in [1.29, 1.82) is 0 Å². The van der Waals surface area contributed by atoms with Gasteiger partial charge in [-0.2, -0.15) is 8.42 Å². The second kappa shape index (κ2) is 7.20. The van der Waals surface area contributed by atoms with Crippen molar-refractivity contribution in [1.82, 2.24) is 4.90 Å². The predicted molar refractivity (Wildman–Crippen MR) is 69.9 cm³/mol. The molecule has 0 saturated heterocycles. The Hall–Kier alpha value is -1.47. The zero-order chi connectivity index (χ0) is 14.3. The minimum atomic E-state index is -3.96. The molecule has 1 N–H and O–H groups in total. The number of rotatable bonds is 7. The molecule has 1 amide bonds. The maximum absolute atomic E-state index is 11.4. The fourth-order valence-corrected chi connectivity index (χ4v) is 2.18. The molecule has 0 aromatic carbocycles. The van der Waals surface area contributed by atoms with Crippen LogP contribution in [0.4, 0.5) is 0 Å². The highest BCUT2D eigenvalue weighted by Gasteiger charge is 2.12. The average Bonchev–Trinajstić information content (AvgIpc) is 2.33. The van der Waals surface area contributed by atoms with E-state index < -0.39 is 10.1 Å². The molecule has 0 fully saturated rings. The molecule has 1 heterocycles. The van der Waals surface area contributed by atoms with Gasteiger partial charge in [-0.25, -0.2) is 4.57 Å². The van der Waals surface area contributed by atoms with E-state index >= 15 is 0 Å². The molecule has 0 atom stereocenters. The molecule has 6 nitrogen and oxygen atoms in total. The van der Waals surface area contributed by atoms with Crippen molar-refractivity contribution in [3.63, 3.8) is 0 Å². The minimum absolute atomic E-state index is 0.105. The summed E-state index contributed by atoms with van der Waals surface area (Å²) in [6.45, 7) is 2.92. The van der Waals surface area contributed by atoms with Crippen LogP contribution in [0, 0.1) is 0 Å². The standard InChI is InChI=1S/C12H18N2O4S/c1-12(15)14(8-5-11-19(16,17)18)10-9-13-6-3-2-4-7-13/h2-4,6-7H,5,8-11H2,1H3/p+1. The first-order valence-electron chi connectivity index (χ1n) is 6.03. The number of carbonyl (C=O) groups is 1. The summed E-state index contributed by atoms with van der Waals surface area (Å²) >= 11 is 0. The van der Waals surface area contributed by atoms with E-state index in [2.05, 4.69) is 0 Å². The van der Waals surface area contributed by atoms with Crippen molar-refractivity contribution in [3.05, 3.63) is 30.6 Å². The van der Waals surface area contributed by atoms with Gasteiger partial charge in [0.15, 0.2) is 18.9 Å². The molecule has 0 spiro atoms. The molecule has 0 aliphatic carbocycles. The van der Waals surface area contributed by atoms with Crippen LogP contribution >= 0.6 is 0 Å². The Morgan fingerprint density at radius 3 is 2.37 bits per heavy atom. The Labute approximate surface area is 113 Å². The Balaban J connectivity index is 2.43. The number of nitrogens with zero attached hydrogens (tertiary/aromatic N) is 2. The number of aromatic nitrogens is 1. The van der Waals surface area contributed by atoms with Crippen molar-refractivity contribution >= 4 is 16.0 Å². The zero-order valence-corrected chi connectivity index (χ0v) is 11.7. The van der Waals surface area contributed by atoms with Crippen LogP contribution < -0.4 is 4.57 Å². The number of pyridine rings is 1. The van der Waals surface area contributed by atoms with E-state index in [4.69, 9.17) is 4.55 Å². The van der Waals surface area contributed by atoms with Crippen LogP contribution in [0.25, 0.3) is 0 Å². The fraction of sp³-hybridized carbons (Fsp3) is 0.500. The van der Waals surface area contributed by atoms with E-state index in [1.807, 2.05) is 35.2 Å². The molecule has 0 aliphatic rings. The second-order valence-corrected chi connectivity index (χ2v) is 5.83. The highest BCUT2D eigenvalue weighted by Crippen LogP contribution is 1.96. The molecular weight excluding hydrogens is 268 g/mol. The molecule has 0 aliphatic heterocycles. The van der Waals surface area contributed by atoms with E-state index in [0.717, 1.165) is 0 Å². The van der Waals surface area contributed by atoms with Gasteiger partial charge in [-0.05, 0) is 6.42 Å². The Morgan fingerprint density at radius 2 is 1.84 bits per heavy atom. The van der Waals surface area contributed by atoms with Crippen LogP contribution in [0.2, 0.25) is 0 Å². The number of hydrogen-bond acceptors (Lipinski definition) is 3. The monoisotopic (exact) mass is 287 g/mol. The van der Waals surface area contributed by atoms with Gasteiger partial charge in [-0.15, -0.1) is 0 Å². The number of carbonyl (C=O) groups excluding carboxylic acids is 1. The summed E-state index contributed by atoms with van der Waals surface area (Å²) in [5.41, 5.74) is 0. The normalized spacial score (nSPS) is 11.3. The first-order chi connectivity index (χ1) is 8.88. The van der Waals surface area contributed by atoms with Crippen LogP contribution in [0.3, 0.4) is 0 Å². The van der Waals surface area contributed by atoms with Crippen molar-refractivity contribution in [2.45, 2.75) is 19.9 Å². The largest absolute Gasteiger partial charge is 0.337 e. The van der Waals surface area contributed by atoms with E-state index in [0.29, 0.717) is 19.6 Å². The number of hydrogen-bond donors (Lipinski definition) is 1. The summed E-state index contributed by atoms with van der Waals surface area (Å²) in [4.78, 5) is 13.0. The van der Waals surface area contributed by atoms with Crippen LogP contribution in [0.5, 0.6) is 0 Å². The second-order valence-electron chi connectivity index (χ2n) is 4.26. The SMILES string of the molecule is CC(=O)N(CCCS(=O)(=O)O)CC[n+]1ccccc1. The Morgan fingerprint density at radius 1 is 1.21 bits per heavy atom. The lowest BCUT2D eigenvalue weighted by atomic mass is 10.3. The van der Waals surface area contributed by atoms with Gasteiger partial charge in [-0.1, -0.05) is 6.07 Å². The van der Waals surface area contributed by atoms with E-state index in [9.17, 15) is 13.2 Å². The summed E-state index contributed by atoms with van der Waals surface area (Å²) in [7, 11) is -3.96. The Bertz CT molecular complexity index is 502. The van der Waals surface area contributed by atoms with E-state index in [-0.39, 0.29) is 18.1 Å². The zero-order valence-electron chi connectivity index (χ0n) is 10.9. The van der Waals surface area contributed by atoms with Gasteiger partial charge in [-0.3, -0.25) is 9.35 Å². The van der Waals surface area contributed by atoms with Crippen LogP contribution in [0.15, 0.2) is 30.6 Å². The van der Waals surface area contributed by atoms with Crippen LogP contribution in [-0.2, 0) is 21.5 Å². The lowest BCUT2D eigenvalue weighted by Gasteiger charge is -2.18. The lowest BCUT2D eigenvalue weighted by Crippen LogP contribution is -2.42. The van der Waals surface area contributed by atoms with Gasteiger partial charge < -0.3 is 4.90 Å². The average molecular weight is 287 g/mol. The maximum atomic E-state index is 11.4. The molecule has 1 rings (SSSR count). The topological polar surface area (TPSA) is 78.6 Å². The van der Waals surface area contributed by atoms with Crippen molar-refractivity contribution < 1.29 is 22.3 Å². The maximum Gasteiger partial charge on any atom is 0.264 e. The Kier molecular flexibility index (Phi) is 5.91. The van der Waals surface area contributed by atoms with Crippen LogP contribution in [-0.4, -0.2) is 42.6 Å². The van der Waals surface area contributed by atoms with Gasteiger partial charge in [0.05, 0.1) is 12.3 Å². The van der Waals surface area contributed by atoms with E-state index in [1.165, 1.54) is 6.92 Å². The molecule has 1 aromatic rings.